The fourth-order valence-electron chi connectivity index (χ4n) is 5.41. The highest BCUT2D eigenvalue weighted by atomic mass is 16.4. The molecule has 0 saturated heterocycles. The van der Waals surface area contributed by atoms with Crippen LogP contribution >= 0.6 is 0 Å². The number of hydrogen-bond donors (Lipinski definition) is 6. The molecule has 3 aromatic rings. The first-order valence-electron chi connectivity index (χ1n) is 13.8. The normalized spacial score (nSPS) is 15.1. The standard InChI is InChI=1S/C33H36N4O6/c1-7-20-19(6)32(42)37-27(20)14-25-18(5)23(10-12-31(40)41)29(35-25)15-28-22(9-11-30(38)39)17(4)24(34-28)13-26-16(3)21(8-2)33(43)36-26/h7-8,13-15,34-35,37,42H,1-2,9-12H2,3-6H3,(H,36,43)(H,38,39)(H,40,41)/p-1/b25-14+,26-13-,29-15-. The van der Waals surface area contributed by atoms with Crippen LogP contribution in [0.2, 0.25) is 0 Å². The minimum Gasteiger partial charge on any atom is -0.860 e. The first-order valence-corrected chi connectivity index (χ1v) is 13.8. The Morgan fingerprint density at radius 2 is 1.40 bits per heavy atom. The number of hydrogen-bond acceptors (Lipinski definition) is 4. The molecule has 0 radical (unpaired) electrons. The maximum Gasteiger partial charge on any atom is 0.303 e. The average Bonchev–Trinajstić information content (AvgIpc) is 3.59. The van der Waals surface area contributed by atoms with E-state index in [4.69, 9.17) is 0 Å². The number of carbonyl (C=O) groups excluding carboxylic acids is 1. The number of carbonyl (C=O) groups is 3. The maximum absolute atomic E-state index is 12.3. The van der Waals surface area contributed by atoms with Crippen molar-refractivity contribution in [2.75, 3.05) is 0 Å². The summed E-state index contributed by atoms with van der Waals surface area (Å²) in [6.45, 7) is 14.8. The Morgan fingerprint density at radius 3 is 1.98 bits per heavy atom. The molecule has 0 unspecified atom stereocenters. The molecule has 0 spiro atoms. The van der Waals surface area contributed by atoms with Gasteiger partial charge >= 0.3 is 11.9 Å². The Labute approximate surface area is 248 Å². The zero-order valence-corrected chi connectivity index (χ0v) is 24.7. The van der Waals surface area contributed by atoms with Crippen LogP contribution in [0, 0.1) is 20.8 Å². The molecule has 224 valence electrons. The zero-order valence-electron chi connectivity index (χ0n) is 24.7. The van der Waals surface area contributed by atoms with Gasteiger partial charge in [-0.1, -0.05) is 25.3 Å². The molecule has 1 aliphatic heterocycles. The van der Waals surface area contributed by atoms with Crippen LogP contribution in [-0.2, 0) is 27.2 Å². The van der Waals surface area contributed by atoms with Crippen molar-refractivity contribution in [2.45, 2.75) is 53.4 Å². The largest absolute Gasteiger partial charge is 0.860 e. The molecular formula is C33H35N4O6-. The number of aromatic nitrogens is 3. The predicted octanol–water partition coefficient (Wildman–Crippen LogP) is 2.98. The van der Waals surface area contributed by atoms with Gasteiger partial charge in [0.1, 0.15) is 0 Å². The Balaban J connectivity index is 1.93. The molecule has 10 heteroatoms. The number of amides is 1. The number of rotatable bonds is 11. The van der Waals surface area contributed by atoms with Gasteiger partial charge in [-0.05, 0) is 98.0 Å². The van der Waals surface area contributed by atoms with Crippen LogP contribution in [0.5, 0.6) is 5.88 Å². The quantitative estimate of drug-likeness (QED) is 0.202. The monoisotopic (exact) mass is 583 g/mol. The summed E-state index contributed by atoms with van der Waals surface area (Å²) in [6, 6.07) is 0. The van der Waals surface area contributed by atoms with Crippen molar-refractivity contribution in [3.63, 3.8) is 0 Å². The van der Waals surface area contributed by atoms with Gasteiger partial charge in [-0.25, -0.2) is 0 Å². The van der Waals surface area contributed by atoms with Crippen LogP contribution in [0.15, 0.2) is 36.1 Å². The lowest BCUT2D eigenvalue weighted by Gasteiger charge is -2.02. The SMILES string of the molecule is C=CC1=C(C)/C(=C/c2[nH]c(/C=c3\[nH]/c(=C/c4[nH]c([O-])c(C)c4C=C)c(C)c3CCC(=O)O)c(CCC(=O)O)c2C)NC1=O. The van der Waals surface area contributed by atoms with E-state index in [1.165, 1.54) is 6.08 Å². The van der Waals surface area contributed by atoms with Gasteiger partial charge in [-0.2, -0.15) is 0 Å². The summed E-state index contributed by atoms with van der Waals surface area (Å²) in [5, 5.41) is 35.3. The van der Waals surface area contributed by atoms with E-state index < -0.39 is 11.9 Å². The van der Waals surface area contributed by atoms with E-state index in [9.17, 15) is 29.7 Å². The number of allylic oxidation sites excluding steroid dienone is 1. The van der Waals surface area contributed by atoms with Gasteiger partial charge in [0.15, 0.2) is 0 Å². The first-order chi connectivity index (χ1) is 20.4. The van der Waals surface area contributed by atoms with E-state index in [0.717, 1.165) is 27.8 Å². The topological polar surface area (TPSA) is 174 Å². The number of nitrogens with one attached hydrogen (secondary N) is 4. The Bertz CT molecular complexity index is 1860. The molecule has 4 heterocycles. The van der Waals surface area contributed by atoms with Crippen molar-refractivity contribution in [1.82, 2.24) is 20.3 Å². The van der Waals surface area contributed by atoms with Crippen LogP contribution in [0.25, 0.3) is 24.3 Å². The molecule has 0 aliphatic carbocycles. The number of carboxylic acid groups (broad SMARTS) is 2. The Kier molecular flexibility index (Phi) is 8.80. The summed E-state index contributed by atoms with van der Waals surface area (Å²) in [7, 11) is 0. The first kappa shape index (κ1) is 30.7. The van der Waals surface area contributed by atoms with Gasteiger partial charge in [0.05, 0.1) is 0 Å². The van der Waals surface area contributed by atoms with Crippen LogP contribution in [0.1, 0.15) is 70.2 Å². The summed E-state index contributed by atoms with van der Waals surface area (Å²) in [6.07, 6.45) is 8.93. The number of aliphatic carboxylic acids is 2. The minimum atomic E-state index is -0.935. The van der Waals surface area contributed by atoms with Crippen molar-refractivity contribution >= 4 is 42.1 Å². The van der Waals surface area contributed by atoms with E-state index in [0.29, 0.717) is 50.2 Å². The van der Waals surface area contributed by atoms with E-state index >= 15 is 0 Å². The molecule has 0 atom stereocenters. The molecule has 43 heavy (non-hydrogen) atoms. The highest BCUT2D eigenvalue weighted by Crippen LogP contribution is 2.27. The Hall–Kier alpha value is -5.25. The van der Waals surface area contributed by atoms with Crippen LogP contribution < -0.4 is 21.1 Å². The highest BCUT2D eigenvalue weighted by Gasteiger charge is 2.23. The molecule has 3 aromatic heterocycles. The fraction of sp³-hybridized carbons (Fsp3) is 0.242. The third-order valence-corrected chi connectivity index (χ3v) is 7.94. The molecule has 0 aromatic carbocycles. The lowest BCUT2D eigenvalue weighted by molar-refractivity contribution is -0.275. The summed E-state index contributed by atoms with van der Waals surface area (Å²) in [5.74, 6) is -2.32. The van der Waals surface area contributed by atoms with Gasteiger partial charge in [0.2, 0.25) is 0 Å². The Morgan fingerprint density at radius 1 is 0.767 bits per heavy atom. The summed E-state index contributed by atoms with van der Waals surface area (Å²) in [5.41, 5.74) is 8.28. The smallest absolute Gasteiger partial charge is 0.303 e. The second-order valence-corrected chi connectivity index (χ2v) is 10.6. The highest BCUT2D eigenvalue weighted by molar-refractivity contribution is 6.03. The van der Waals surface area contributed by atoms with E-state index in [1.54, 1.807) is 19.1 Å². The van der Waals surface area contributed by atoms with E-state index in [-0.39, 0.29) is 37.5 Å². The molecular weight excluding hydrogens is 548 g/mol. The predicted molar refractivity (Wildman–Crippen MR) is 163 cm³/mol. The van der Waals surface area contributed by atoms with Crippen LogP contribution in [-0.4, -0.2) is 43.0 Å². The van der Waals surface area contributed by atoms with Crippen LogP contribution in [0.4, 0.5) is 0 Å². The van der Waals surface area contributed by atoms with Crippen LogP contribution in [0.3, 0.4) is 0 Å². The zero-order chi connectivity index (χ0) is 31.6. The van der Waals surface area contributed by atoms with Gasteiger partial charge in [0, 0.05) is 57.5 Å². The molecule has 0 saturated carbocycles. The molecule has 4 rings (SSSR count). The lowest BCUT2D eigenvalue weighted by Crippen LogP contribution is -2.15. The number of H-pyrrole nitrogens is 3. The minimum absolute atomic E-state index is 0.0888. The van der Waals surface area contributed by atoms with Gasteiger partial charge in [0.25, 0.3) is 5.91 Å². The molecule has 0 fully saturated rings. The number of carboxylic acids is 2. The molecule has 6 N–H and O–H groups in total. The van der Waals surface area contributed by atoms with Crippen molar-refractivity contribution in [3.05, 3.63) is 97.2 Å². The van der Waals surface area contributed by atoms with Gasteiger partial charge in [-0.3, -0.25) is 14.4 Å². The molecule has 0 bridgehead atoms. The van der Waals surface area contributed by atoms with Gasteiger partial charge < -0.3 is 35.6 Å². The fourth-order valence-corrected chi connectivity index (χ4v) is 5.41. The van der Waals surface area contributed by atoms with Crippen molar-refractivity contribution in [2.24, 2.45) is 0 Å². The van der Waals surface area contributed by atoms with Crippen molar-refractivity contribution < 1.29 is 29.7 Å². The van der Waals surface area contributed by atoms with Crippen molar-refractivity contribution in [3.8, 4) is 5.88 Å². The third-order valence-electron chi connectivity index (χ3n) is 7.94. The average molecular weight is 584 g/mol. The number of aromatic amines is 3. The van der Waals surface area contributed by atoms with E-state index in [2.05, 4.69) is 33.4 Å². The summed E-state index contributed by atoms with van der Waals surface area (Å²) >= 11 is 0. The summed E-state index contributed by atoms with van der Waals surface area (Å²) < 4.78 is 0. The second-order valence-electron chi connectivity index (χ2n) is 10.6. The summed E-state index contributed by atoms with van der Waals surface area (Å²) in [4.78, 5) is 44.9. The molecule has 10 nitrogen and oxygen atoms in total. The van der Waals surface area contributed by atoms with E-state index in [1.807, 2.05) is 32.9 Å². The lowest BCUT2D eigenvalue weighted by atomic mass is 10.0. The van der Waals surface area contributed by atoms with Crippen molar-refractivity contribution in [1.29, 1.82) is 0 Å². The second kappa shape index (κ2) is 12.3. The third kappa shape index (κ3) is 6.18. The maximum atomic E-state index is 12.3. The molecule has 1 amide bonds. The van der Waals surface area contributed by atoms with Gasteiger partial charge in [-0.15, -0.1) is 0 Å². The molecule has 1 aliphatic rings.